The van der Waals surface area contributed by atoms with E-state index in [-0.39, 0.29) is 4.90 Å². The van der Waals surface area contributed by atoms with Crippen LogP contribution in [-0.2, 0) is 23.0 Å². The van der Waals surface area contributed by atoms with Crippen molar-refractivity contribution in [3.63, 3.8) is 0 Å². The number of aromatic nitrogens is 2. The second kappa shape index (κ2) is 7.99. The lowest BCUT2D eigenvalue weighted by Crippen LogP contribution is -2.27. The molecule has 0 bridgehead atoms. The minimum absolute atomic E-state index is 0.279. The maximum atomic E-state index is 12.3. The molecule has 0 fully saturated rings. The van der Waals surface area contributed by atoms with Crippen LogP contribution in [0, 0.1) is 0 Å². The summed E-state index contributed by atoms with van der Waals surface area (Å²) in [6, 6.07) is 16.4. The molecule has 0 atom stereocenters. The van der Waals surface area contributed by atoms with Gasteiger partial charge in [0.1, 0.15) is 5.82 Å². The van der Waals surface area contributed by atoms with Crippen LogP contribution < -0.4 is 4.72 Å². The third-order valence-corrected chi connectivity index (χ3v) is 5.68. The minimum atomic E-state index is -3.49. The van der Waals surface area contributed by atoms with Crippen LogP contribution in [0.4, 0.5) is 0 Å². The molecular weight excluding hydrogens is 348 g/mol. The van der Waals surface area contributed by atoms with Gasteiger partial charge in [-0.1, -0.05) is 30.3 Å². The Hall–Kier alpha value is -2.22. The fourth-order valence-electron chi connectivity index (χ4n) is 2.85. The van der Waals surface area contributed by atoms with Gasteiger partial charge in [0.25, 0.3) is 0 Å². The first-order valence-corrected chi connectivity index (χ1v) is 10.1. The van der Waals surface area contributed by atoms with Crippen molar-refractivity contribution in [3.8, 4) is 0 Å². The number of hydrogen-bond acceptors (Lipinski definition) is 4. The molecule has 0 amide bonds. The predicted molar refractivity (Wildman–Crippen MR) is 104 cm³/mol. The number of nitrogens with zero attached hydrogens (tertiary/aromatic N) is 3. The minimum Gasteiger partial charge on any atom is -0.327 e. The Bertz CT molecular complexity index is 966. The van der Waals surface area contributed by atoms with Gasteiger partial charge in [0.05, 0.1) is 15.9 Å². The molecule has 0 aliphatic carbocycles. The van der Waals surface area contributed by atoms with Crippen molar-refractivity contribution in [1.82, 2.24) is 19.2 Å². The normalized spacial score (nSPS) is 12.1. The van der Waals surface area contributed by atoms with Crippen LogP contribution in [0.3, 0.4) is 0 Å². The summed E-state index contributed by atoms with van der Waals surface area (Å²) in [6.07, 6.45) is 0.536. The molecule has 6 nitrogen and oxygen atoms in total. The van der Waals surface area contributed by atoms with Gasteiger partial charge in [0.2, 0.25) is 10.0 Å². The topological polar surface area (TPSA) is 67.2 Å². The molecule has 1 N–H and O–H groups in total. The van der Waals surface area contributed by atoms with Gasteiger partial charge >= 0.3 is 0 Å². The van der Waals surface area contributed by atoms with Crippen LogP contribution >= 0.6 is 0 Å². The van der Waals surface area contributed by atoms with Gasteiger partial charge < -0.3 is 9.47 Å². The number of likely N-dealkylation sites (N-methyl/N-ethyl adjacent to an activating group) is 1. The number of sulfonamides is 1. The molecule has 26 heavy (non-hydrogen) atoms. The second-order valence-electron chi connectivity index (χ2n) is 6.43. The average Bonchev–Trinajstić information content (AvgIpc) is 2.98. The maximum Gasteiger partial charge on any atom is 0.240 e. The van der Waals surface area contributed by atoms with E-state index in [0.29, 0.717) is 13.0 Å². The largest absolute Gasteiger partial charge is 0.327 e. The number of hydrogen-bond donors (Lipinski definition) is 1. The van der Waals surface area contributed by atoms with Crippen LogP contribution in [-0.4, -0.2) is 50.1 Å². The van der Waals surface area contributed by atoms with Gasteiger partial charge in [-0.15, -0.1) is 0 Å². The molecule has 3 rings (SSSR count). The summed E-state index contributed by atoms with van der Waals surface area (Å²) < 4.78 is 29.5. The van der Waals surface area contributed by atoms with E-state index in [0.717, 1.165) is 29.9 Å². The van der Waals surface area contributed by atoms with E-state index in [2.05, 4.69) is 20.3 Å². The molecule has 0 unspecified atom stereocenters. The van der Waals surface area contributed by atoms with Crippen molar-refractivity contribution in [2.45, 2.75) is 17.9 Å². The lowest BCUT2D eigenvalue weighted by atomic mass is 10.3. The SMILES string of the molecule is CN(C)CCn1c(CCNS(=O)(=O)c2ccccc2)nc2ccccc21. The molecule has 0 aliphatic heterocycles. The number of para-hydroxylation sites is 2. The first-order valence-electron chi connectivity index (χ1n) is 8.61. The van der Waals surface area contributed by atoms with E-state index < -0.39 is 10.0 Å². The summed E-state index contributed by atoms with van der Waals surface area (Å²) in [7, 11) is 0.575. The van der Waals surface area contributed by atoms with Crippen LogP contribution in [0.25, 0.3) is 11.0 Å². The summed E-state index contributed by atoms with van der Waals surface area (Å²) in [6.45, 7) is 2.01. The highest BCUT2D eigenvalue weighted by atomic mass is 32.2. The molecule has 0 radical (unpaired) electrons. The number of fused-ring (bicyclic) bond motifs is 1. The van der Waals surface area contributed by atoms with Crippen molar-refractivity contribution in [2.75, 3.05) is 27.2 Å². The van der Waals surface area contributed by atoms with Crippen molar-refractivity contribution in [1.29, 1.82) is 0 Å². The van der Waals surface area contributed by atoms with Crippen LogP contribution in [0.2, 0.25) is 0 Å². The van der Waals surface area contributed by atoms with Gasteiger partial charge in [0, 0.05) is 26.1 Å². The molecule has 0 aliphatic rings. The smallest absolute Gasteiger partial charge is 0.240 e. The highest BCUT2D eigenvalue weighted by Gasteiger charge is 2.15. The lowest BCUT2D eigenvalue weighted by Gasteiger charge is -2.13. The van der Waals surface area contributed by atoms with Crippen molar-refractivity contribution < 1.29 is 8.42 Å². The van der Waals surface area contributed by atoms with Crippen LogP contribution in [0.5, 0.6) is 0 Å². The third kappa shape index (κ3) is 4.30. The second-order valence-corrected chi connectivity index (χ2v) is 8.20. The monoisotopic (exact) mass is 372 g/mol. The highest BCUT2D eigenvalue weighted by Crippen LogP contribution is 2.16. The molecule has 7 heteroatoms. The van der Waals surface area contributed by atoms with E-state index in [1.165, 1.54) is 0 Å². The Morgan fingerprint density at radius 3 is 2.46 bits per heavy atom. The number of nitrogens with one attached hydrogen (secondary N) is 1. The standard InChI is InChI=1S/C19H24N4O2S/c1-22(2)14-15-23-18-11-7-6-10-17(18)21-19(23)12-13-20-26(24,25)16-8-4-3-5-9-16/h3-11,20H,12-15H2,1-2H3. The molecule has 1 heterocycles. The first kappa shape index (κ1) is 18.6. The summed E-state index contributed by atoms with van der Waals surface area (Å²) in [5.74, 6) is 0.892. The van der Waals surface area contributed by atoms with E-state index >= 15 is 0 Å². The fraction of sp³-hybridized carbons (Fsp3) is 0.316. The Labute approximate surface area is 154 Å². The van der Waals surface area contributed by atoms with Crippen molar-refractivity contribution >= 4 is 21.1 Å². The van der Waals surface area contributed by atoms with Gasteiger partial charge in [0.15, 0.2) is 0 Å². The summed E-state index contributed by atoms with van der Waals surface area (Å²) in [5, 5.41) is 0. The van der Waals surface area contributed by atoms with Crippen LogP contribution in [0.15, 0.2) is 59.5 Å². The van der Waals surface area contributed by atoms with E-state index in [1.807, 2.05) is 32.3 Å². The summed E-state index contributed by atoms with van der Waals surface area (Å²) in [5.41, 5.74) is 2.02. The molecule has 3 aromatic rings. The Kier molecular flexibility index (Phi) is 5.70. The number of rotatable bonds is 8. The zero-order valence-electron chi connectivity index (χ0n) is 15.1. The molecular formula is C19H24N4O2S. The van der Waals surface area contributed by atoms with Crippen LogP contribution in [0.1, 0.15) is 5.82 Å². The van der Waals surface area contributed by atoms with Gasteiger partial charge in [-0.3, -0.25) is 0 Å². The number of imidazole rings is 1. The maximum absolute atomic E-state index is 12.3. The third-order valence-electron chi connectivity index (χ3n) is 4.20. The van der Waals surface area contributed by atoms with Crippen molar-refractivity contribution in [3.05, 3.63) is 60.4 Å². The average molecular weight is 372 g/mol. The van der Waals surface area contributed by atoms with Gasteiger partial charge in [-0.2, -0.15) is 0 Å². The predicted octanol–water partition coefficient (Wildman–Crippen LogP) is 2.12. The Morgan fingerprint density at radius 1 is 1.04 bits per heavy atom. The molecule has 0 saturated carbocycles. The number of benzene rings is 2. The van der Waals surface area contributed by atoms with Crippen molar-refractivity contribution in [2.24, 2.45) is 0 Å². The zero-order valence-corrected chi connectivity index (χ0v) is 15.9. The zero-order chi connectivity index (χ0) is 18.6. The Morgan fingerprint density at radius 2 is 1.73 bits per heavy atom. The molecule has 0 saturated heterocycles. The molecule has 2 aromatic carbocycles. The first-order chi connectivity index (χ1) is 12.5. The lowest BCUT2D eigenvalue weighted by molar-refractivity contribution is 0.383. The summed E-state index contributed by atoms with van der Waals surface area (Å²) >= 11 is 0. The Balaban J connectivity index is 1.75. The van der Waals surface area contributed by atoms with Gasteiger partial charge in [-0.05, 0) is 38.4 Å². The van der Waals surface area contributed by atoms with Gasteiger partial charge in [-0.25, -0.2) is 18.1 Å². The van der Waals surface area contributed by atoms with E-state index in [4.69, 9.17) is 4.98 Å². The fourth-order valence-corrected chi connectivity index (χ4v) is 3.90. The quantitative estimate of drug-likeness (QED) is 0.658. The molecule has 1 aromatic heterocycles. The van der Waals surface area contributed by atoms with E-state index in [9.17, 15) is 8.42 Å². The summed E-state index contributed by atoms with van der Waals surface area (Å²) in [4.78, 5) is 7.09. The molecule has 0 spiro atoms. The highest BCUT2D eigenvalue weighted by molar-refractivity contribution is 7.89. The van der Waals surface area contributed by atoms with E-state index in [1.54, 1.807) is 30.3 Å². The molecule has 138 valence electrons.